The minimum atomic E-state index is -3.76. The van der Waals surface area contributed by atoms with Crippen LogP contribution in [0, 0.1) is 5.82 Å². The Hall–Kier alpha value is -4.29. The maximum absolute atomic E-state index is 14.0. The summed E-state index contributed by atoms with van der Waals surface area (Å²) in [7, 11) is -2.26. The quantitative estimate of drug-likeness (QED) is 0.176. The molecule has 0 atom stereocenters. The van der Waals surface area contributed by atoms with Gasteiger partial charge in [-0.3, -0.25) is 9.59 Å². The second-order valence-corrected chi connectivity index (χ2v) is 11.9. The Morgan fingerprint density at radius 3 is 2.52 bits per heavy atom. The summed E-state index contributed by atoms with van der Waals surface area (Å²) in [6, 6.07) is 14.5. The highest BCUT2D eigenvalue weighted by molar-refractivity contribution is 7.88. The molecule has 1 aliphatic rings. The number of fused-ring (bicyclic) bond motifs is 1. The van der Waals surface area contributed by atoms with E-state index >= 15 is 0 Å². The van der Waals surface area contributed by atoms with Gasteiger partial charge in [-0.15, -0.1) is 0 Å². The molecule has 0 aliphatic heterocycles. The standard InChI is InChI=1S/C30H30FN3O7S/c1-32-29(37)27-22-16-21(18-9-10-18)24(17-42(38,39)33-15-5-4-8-26(35)36)34-30(22)41-28(27)19-11-13-20(14-12-19)40-25-7-3-2-6-23(25)31/h2-3,6-7,11-14,16,18,33H,4-5,8-10,15,17H2,1H3,(H,32,37)(H,35,36). The lowest BCUT2D eigenvalue weighted by atomic mass is 10.0. The Balaban J connectivity index is 1.45. The topological polar surface area (TPSA) is 148 Å². The molecule has 1 saturated carbocycles. The van der Waals surface area contributed by atoms with Crippen molar-refractivity contribution in [3.8, 4) is 22.8 Å². The number of hydrogen-bond acceptors (Lipinski definition) is 7. The third-order valence-corrected chi connectivity index (χ3v) is 8.21. The third-order valence-electron chi connectivity index (χ3n) is 6.91. The zero-order chi connectivity index (χ0) is 29.9. The van der Waals surface area contributed by atoms with Crippen LogP contribution < -0.4 is 14.8 Å². The van der Waals surface area contributed by atoms with Crippen molar-refractivity contribution in [1.82, 2.24) is 15.0 Å². The summed E-state index contributed by atoms with van der Waals surface area (Å²) in [5.41, 5.74) is 2.06. The molecule has 220 valence electrons. The smallest absolute Gasteiger partial charge is 0.303 e. The number of benzene rings is 2. The van der Waals surface area contributed by atoms with Gasteiger partial charge in [0.2, 0.25) is 15.7 Å². The van der Waals surface area contributed by atoms with Gasteiger partial charge in [0, 0.05) is 25.6 Å². The molecular formula is C30H30FN3O7S. The summed E-state index contributed by atoms with van der Waals surface area (Å²) in [5, 5.41) is 11.9. The van der Waals surface area contributed by atoms with E-state index in [9.17, 15) is 22.4 Å². The molecule has 3 N–H and O–H groups in total. The van der Waals surface area contributed by atoms with Crippen molar-refractivity contribution in [2.45, 2.75) is 43.8 Å². The minimum Gasteiger partial charge on any atom is -0.481 e. The van der Waals surface area contributed by atoms with Gasteiger partial charge in [-0.25, -0.2) is 22.5 Å². The maximum Gasteiger partial charge on any atom is 0.303 e. The zero-order valence-electron chi connectivity index (χ0n) is 22.9. The predicted molar refractivity (Wildman–Crippen MR) is 153 cm³/mol. The predicted octanol–water partition coefficient (Wildman–Crippen LogP) is 5.34. The number of unbranched alkanes of at least 4 members (excludes halogenated alkanes) is 1. The summed E-state index contributed by atoms with van der Waals surface area (Å²) >= 11 is 0. The number of rotatable bonds is 13. The average molecular weight is 596 g/mol. The van der Waals surface area contributed by atoms with Gasteiger partial charge in [-0.05, 0) is 79.6 Å². The molecule has 5 rings (SSSR count). The summed E-state index contributed by atoms with van der Waals surface area (Å²) in [4.78, 5) is 28.3. The van der Waals surface area contributed by atoms with Crippen molar-refractivity contribution in [1.29, 1.82) is 0 Å². The summed E-state index contributed by atoms with van der Waals surface area (Å²) in [6.07, 6.45) is 2.50. The Bertz CT molecular complexity index is 1730. The molecule has 0 spiro atoms. The minimum absolute atomic E-state index is 0.0262. The van der Waals surface area contributed by atoms with Crippen molar-refractivity contribution in [3.63, 3.8) is 0 Å². The highest BCUT2D eigenvalue weighted by atomic mass is 32.2. The number of ether oxygens (including phenoxy) is 1. The molecule has 0 unspecified atom stereocenters. The summed E-state index contributed by atoms with van der Waals surface area (Å²) in [5.74, 6) is -1.33. The summed E-state index contributed by atoms with van der Waals surface area (Å²) < 4.78 is 54.0. The van der Waals surface area contributed by atoms with E-state index in [1.165, 1.54) is 19.2 Å². The Morgan fingerprint density at radius 2 is 1.86 bits per heavy atom. The number of aromatic nitrogens is 1. The lowest BCUT2D eigenvalue weighted by Crippen LogP contribution is -2.27. The number of aliphatic carboxylic acids is 1. The first kappa shape index (κ1) is 29.2. The molecule has 10 nitrogen and oxygen atoms in total. The SMILES string of the molecule is CNC(=O)c1c(-c2ccc(Oc3ccccc3F)cc2)oc2nc(CS(=O)(=O)NCCCCC(=O)O)c(C3CC3)cc12. The fraction of sp³-hybridized carbons (Fsp3) is 0.300. The monoisotopic (exact) mass is 595 g/mol. The molecule has 1 aliphatic carbocycles. The lowest BCUT2D eigenvalue weighted by molar-refractivity contribution is -0.137. The van der Waals surface area contributed by atoms with Crippen molar-refractivity contribution < 1.29 is 36.7 Å². The first-order valence-electron chi connectivity index (χ1n) is 13.6. The van der Waals surface area contributed by atoms with Crippen molar-refractivity contribution in [2.75, 3.05) is 13.6 Å². The van der Waals surface area contributed by atoms with E-state index in [1.54, 1.807) is 42.5 Å². The van der Waals surface area contributed by atoms with E-state index in [2.05, 4.69) is 15.0 Å². The van der Waals surface area contributed by atoms with E-state index in [0.717, 1.165) is 18.4 Å². The molecular weight excluding hydrogens is 565 g/mol. The van der Waals surface area contributed by atoms with Crippen LogP contribution in [0.3, 0.4) is 0 Å². The van der Waals surface area contributed by atoms with E-state index < -0.39 is 21.8 Å². The molecule has 42 heavy (non-hydrogen) atoms. The van der Waals surface area contributed by atoms with Gasteiger partial charge in [0.15, 0.2) is 11.6 Å². The van der Waals surface area contributed by atoms with Crippen LogP contribution in [0.15, 0.2) is 59.0 Å². The second kappa shape index (κ2) is 12.3. The highest BCUT2D eigenvalue weighted by Crippen LogP contribution is 2.44. The molecule has 0 saturated heterocycles. The zero-order valence-corrected chi connectivity index (χ0v) is 23.7. The lowest BCUT2D eigenvalue weighted by Gasteiger charge is -2.10. The number of carboxylic acids is 1. The number of carboxylic acid groups (broad SMARTS) is 1. The van der Waals surface area contributed by atoms with Gasteiger partial charge in [0.25, 0.3) is 5.91 Å². The highest BCUT2D eigenvalue weighted by Gasteiger charge is 2.32. The third kappa shape index (κ3) is 6.77. The second-order valence-electron chi connectivity index (χ2n) is 10.1. The van der Waals surface area contributed by atoms with Crippen LogP contribution in [-0.2, 0) is 20.6 Å². The number of sulfonamides is 1. The number of pyridine rings is 1. The van der Waals surface area contributed by atoms with Crippen LogP contribution in [0.25, 0.3) is 22.4 Å². The molecule has 2 heterocycles. The Kier molecular flexibility index (Phi) is 8.55. The average Bonchev–Trinajstić information content (AvgIpc) is 3.73. The van der Waals surface area contributed by atoms with Gasteiger partial charge in [0.05, 0.1) is 16.6 Å². The van der Waals surface area contributed by atoms with E-state index in [4.69, 9.17) is 14.3 Å². The number of carbonyl (C=O) groups excluding carboxylic acids is 1. The number of nitrogens with one attached hydrogen (secondary N) is 2. The van der Waals surface area contributed by atoms with E-state index in [-0.39, 0.29) is 53.3 Å². The maximum atomic E-state index is 14.0. The molecule has 1 amide bonds. The van der Waals surface area contributed by atoms with Gasteiger partial charge < -0.3 is 19.6 Å². The Labute approximate surface area is 242 Å². The summed E-state index contributed by atoms with van der Waals surface area (Å²) in [6.45, 7) is 0.124. The fourth-order valence-corrected chi connectivity index (χ4v) is 5.83. The van der Waals surface area contributed by atoms with Crippen molar-refractivity contribution >= 4 is 33.0 Å². The normalized spacial score (nSPS) is 13.3. The van der Waals surface area contributed by atoms with Crippen LogP contribution in [0.1, 0.15) is 59.6 Å². The number of furan rings is 1. The largest absolute Gasteiger partial charge is 0.481 e. The fourth-order valence-electron chi connectivity index (χ4n) is 4.68. The first-order valence-corrected chi connectivity index (χ1v) is 15.2. The van der Waals surface area contributed by atoms with Gasteiger partial charge in [-0.1, -0.05) is 12.1 Å². The van der Waals surface area contributed by atoms with Crippen LogP contribution in [0.4, 0.5) is 4.39 Å². The molecule has 12 heteroatoms. The molecule has 2 aromatic heterocycles. The van der Waals surface area contributed by atoms with Crippen LogP contribution in [0.5, 0.6) is 11.5 Å². The first-order chi connectivity index (χ1) is 20.1. The van der Waals surface area contributed by atoms with Crippen LogP contribution in [0.2, 0.25) is 0 Å². The number of carbonyl (C=O) groups is 2. The number of hydrogen-bond donors (Lipinski definition) is 3. The number of amides is 1. The Morgan fingerprint density at radius 1 is 1.12 bits per heavy atom. The van der Waals surface area contributed by atoms with E-state index in [0.29, 0.717) is 35.2 Å². The van der Waals surface area contributed by atoms with Gasteiger partial charge >= 0.3 is 5.97 Å². The molecule has 4 aromatic rings. The number of para-hydroxylation sites is 1. The molecule has 2 aromatic carbocycles. The van der Waals surface area contributed by atoms with Crippen LogP contribution in [-0.4, -0.2) is 44.0 Å². The van der Waals surface area contributed by atoms with Crippen LogP contribution >= 0.6 is 0 Å². The molecule has 1 fully saturated rings. The number of nitrogens with zero attached hydrogens (tertiary/aromatic N) is 1. The van der Waals surface area contributed by atoms with Crippen molar-refractivity contribution in [3.05, 3.63) is 77.2 Å². The van der Waals surface area contributed by atoms with Crippen molar-refractivity contribution in [2.24, 2.45) is 0 Å². The van der Waals surface area contributed by atoms with Gasteiger partial charge in [0.1, 0.15) is 17.3 Å². The van der Waals surface area contributed by atoms with E-state index in [1.807, 2.05) is 0 Å². The molecule has 0 radical (unpaired) electrons. The molecule has 0 bridgehead atoms. The number of halogens is 1. The van der Waals surface area contributed by atoms with Gasteiger partial charge in [-0.2, -0.15) is 0 Å².